The first-order valence-electron chi connectivity index (χ1n) is 10.3. The summed E-state index contributed by atoms with van der Waals surface area (Å²) in [5.74, 6) is 1.70. The summed E-state index contributed by atoms with van der Waals surface area (Å²) in [6.07, 6.45) is 5.31. The number of piperazine rings is 1. The van der Waals surface area contributed by atoms with Crippen molar-refractivity contribution in [3.05, 3.63) is 42.5 Å². The number of hydrogen-bond acceptors (Lipinski definition) is 7. The molecule has 156 valence electrons. The Morgan fingerprint density at radius 3 is 2.69 bits per heavy atom. The molecule has 2 saturated heterocycles. The van der Waals surface area contributed by atoms with Crippen molar-refractivity contribution in [1.29, 1.82) is 0 Å². The van der Waals surface area contributed by atoms with Crippen molar-refractivity contribution >= 4 is 23.2 Å². The molecule has 0 aromatic carbocycles. The van der Waals surface area contributed by atoms with Gasteiger partial charge in [-0.2, -0.15) is 0 Å². The Labute approximate surface area is 172 Å². The summed E-state index contributed by atoms with van der Waals surface area (Å²) >= 11 is 0. The van der Waals surface area contributed by atoms with Crippen LogP contribution in [0.25, 0.3) is 0 Å². The lowest BCUT2D eigenvalue weighted by Crippen LogP contribution is -2.43. The van der Waals surface area contributed by atoms with E-state index >= 15 is 0 Å². The van der Waals surface area contributed by atoms with Crippen molar-refractivity contribution in [3.63, 3.8) is 0 Å². The molecule has 1 aromatic heterocycles. The van der Waals surface area contributed by atoms with Gasteiger partial charge in [0, 0.05) is 44.0 Å². The zero-order valence-corrected chi connectivity index (χ0v) is 17.3. The number of carbonyl (C=O) groups is 1. The van der Waals surface area contributed by atoms with Gasteiger partial charge < -0.3 is 21.3 Å². The van der Waals surface area contributed by atoms with Gasteiger partial charge in [-0.15, -0.1) is 0 Å². The second-order valence-electron chi connectivity index (χ2n) is 7.25. The molecule has 1 amide bonds. The van der Waals surface area contributed by atoms with E-state index in [9.17, 15) is 4.79 Å². The van der Waals surface area contributed by atoms with Crippen LogP contribution in [0.5, 0.6) is 0 Å². The van der Waals surface area contributed by atoms with Crippen LogP contribution in [0, 0.1) is 0 Å². The average molecular weight is 398 g/mol. The number of carbonyl (C=O) groups excluding carboxylic acids is 1. The van der Waals surface area contributed by atoms with E-state index < -0.39 is 0 Å². The predicted molar refractivity (Wildman–Crippen MR) is 118 cm³/mol. The zero-order chi connectivity index (χ0) is 20.8. The molecule has 3 rings (SSSR count). The van der Waals surface area contributed by atoms with Crippen molar-refractivity contribution in [2.45, 2.75) is 39.2 Å². The second-order valence-corrected chi connectivity index (χ2v) is 7.25. The summed E-state index contributed by atoms with van der Waals surface area (Å²) in [5.41, 5.74) is 7.58. The molecule has 0 atom stereocenters. The number of hydrogen-bond donors (Lipinski definition) is 3. The summed E-state index contributed by atoms with van der Waals surface area (Å²) in [5, 5.41) is 6.47. The van der Waals surface area contributed by atoms with Crippen molar-refractivity contribution in [2.75, 3.05) is 36.4 Å². The smallest absolute Gasteiger partial charge is 0.233 e. The van der Waals surface area contributed by atoms with Crippen LogP contribution >= 0.6 is 0 Å². The highest BCUT2D eigenvalue weighted by Gasteiger charge is 2.35. The molecular formula is C21H31N7O. The normalized spacial score (nSPS) is 20.2. The maximum absolute atomic E-state index is 12.5. The third-order valence-corrected chi connectivity index (χ3v) is 5.38. The molecule has 2 aliphatic rings. The minimum atomic E-state index is 0.0282. The fraction of sp³-hybridized carbons (Fsp3) is 0.476. The maximum Gasteiger partial charge on any atom is 0.233 e. The number of amides is 1. The number of nitrogens with one attached hydrogen (secondary N) is 2. The third kappa shape index (κ3) is 4.76. The van der Waals surface area contributed by atoms with Crippen LogP contribution in [-0.2, 0) is 4.79 Å². The van der Waals surface area contributed by atoms with Gasteiger partial charge in [-0.05, 0) is 25.0 Å². The molecule has 0 unspecified atom stereocenters. The molecule has 0 saturated carbocycles. The number of nitrogens with two attached hydrogens (primary N) is 1. The first kappa shape index (κ1) is 20.9. The highest BCUT2D eigenvalue weighted by atomic mass is 16.2. The quantitative estimate of drug-likeness (QED) is 0.651. The lowest BCUT2D eigenvalue weighted by atomic mass is 10.1. The molecule has 4 N–H and O–H groups in total. The van der Waals surface area contributed by atoms with E-state index in [-0.39, 0.29) is 18.4 Å². The number of rotatable bonds is 7. The number of anilines is 2. The average Bonchev–Trinajstić information content (AvgIpc) is 3.05. The van der Waals surface area contributed by atoms with E-state index in [1.807, 2.05) is 18.3 Å². The standard InChI is InChI=1S/C21H31N7O/c1-4-17(5-2)28-20(29)12-16(13-22)21(28)26-15(3)25-19-7-6-18(14-24-19)27-10-8-23-9-11-27/h6-7,13-14,17,23H,3-5,8-12,22H2,1-2H3,(H,24,25)/b16-13-,26-21+. The summed E-state index contributed by atoms with van der Waals surface area (Å²) in [7, 11) is 0. The summed E-state index contributed by atoms with van der Waals surface area (Å²) in [4.78, 5) is 25.7. The second kappa shape index (κ2) is 9.56. The molecule has 0 radical (unpaired) electrons. The summed E-state index contributed by atoms with van der Waals surface area (Å²) in [6, 6.07) is 4.06. The van der Waals surface area contributed by atoms with Gasteiger partial charge in [0.15, 0.2) is 0 Å². The lowest BCUT2D eigenvalue weighted by Gasteiger charge is -2.29. The van der Waals surface area contributed by atoms with E-state index in [2.05, 4.69) is 45.9 Å². The van der Waals surface area contributed by atoms with Gasteiger partial charge in [-0.3, -0.25) is 9.69 Å². The topological polar surface area (TPSA) is 98.9 Å². The van der Waals surface area contributed by atoms with Gasteiger partial charge in [0.2, 0.25) is 5.91 Å². The largest absolute Gasteiger partial charge is 0.404 e. The third-order valence-electron chi connectivity index (χ3n) is 5.38. The number of pyridine rings is 1. The fourth-order valence-electron chi connectivity index (χ4n) is 3.76. The number of aromatic nitrogens is 1. The fourth-order valence-corrected chi connectivity index (χ4v) is 3.76. The van der Waals surface area contributed by atoms with Crippen LogP contribution < -0.4 is 21.3 Å². The van der Waals surface area contributed by atoms with E-state index in [1.165, 1.54) is 6.20 Å². The number of amidine groups is 1. The molecule has 2 aliphatic heterocycles. The van der Waals surface area contributed by atoms with Crippen molar-refractivity contribution in [3.8, 4) is 0 Å². The lowest BCUT2D eigenvalue weighted by molar-refractivity contribution is -0.127. The first-order valence-corrected chi connectivity index (χ1v) is 10.3. The van der Waals surface area contributed by atoms with Crippen LogP contribution in [0.15, 0.2) is 47.5 Å². The Bertz CT molecular complexity index is 790. The predicted octanol–water partition coefficient (Wildman–Crippen LogP) is 2.04. The Kier molecular flexibility index (Phi) is 6.87. The van der Waals surface area contributed by atoms with E-state index in [0.29, 0.717) is 17.5 Å². The highest BCUT2D eigenvalue weighted by Crippen LogP contribution is 2.26. The molecule has 0 bridgehead atoms. The van der Waals surface area contributed by atoms with Gasteiger partial charge >= 0.3 is 0 Å². The summed E-state index contributed by atoms with van der Waals surface area (Å²) < 4.78 is 0. The van der Waals surface area contributed by atoms with E-state index in [0.717, 1.165) is 50.3 Å². The van der Waals surface area contributed by atoms with Crippen molar-refractivity contribution < 1.29 is 4.79 Å². The first-order chi connectivity index (χ1) is 14.1. The molecule has 2 fully saturated rings. The van der Waals surface area contributed by atoms with E-state index in [4.69, 9.17) is 5.73 Å². The molecule has 0 spiro atoms. The molecule has 3 heterocycles. The van der Waals surface area contributed by atoms with Crippen LogP contribution in [0.1, 0.15) is 33.1 Å². The van der Waals surface area contributed by atoms with Crippen LogP contribution in [0.3, 0.4) is 0 Å². The molecule has 0 aliphatic carbocycles. The maximum atomic E-state index is 12.5. The molecule has 29 heavy (non-hydrogen) atoms. The monoisotopic (exact) mass is 397 g/mol. The van der Waals surface area contributed by atoms with E-state index in [1.54, 1.807) is 4.90 Å². The minimum absolute atomic E-state index is 0.0282. The number of aliphatic imine (C=N–C) groups is 1. The summed E-state index contributed by atoms with van der Waals surface area (Å²) in [6.45, 7) is 12.1. The van der Waals surface area contributed by atoms with Crippen molar-refractivity contribution in [2.24, 2.45) is 10.7 Å². The molecular weight excluding hydrogens is 366 g/mol. The Hall–Kier alpha value is -2.87. The van der Waals surface area contributed by atoms with Gasteiger partial charge in [-0.1, -0.05) is 20.4 Å². The van der Waals surface area contributed by atoms with Gasteiger partial charge in [0.25, 0.3) is 0 Å². The van der Waals surface area contributed by atoms with Crippen LogP contribution in [-0.4, -0.2) is 53.8 Å². The Balaban J connectivity index is 1.73. The zero-order valence-electron chi connectivity index (χ0n) is 17.3. The SMILES string of the molecule is C=C(/N=C1\C(=C/N)CC(=O)N1C(CC)CC)Nc1ccc(N2CCNCC2)cn1. The number of nitrogens with zero attached hydrogens (tertiary/aromatic N) is 4. The molecule has 1 aromatic rings. The van der Waals surface area contributed by atoms with Gasteiger partial charge in [0.1, 0.15) is 17.5 Å². The number of likely N-dealkylation sites (tertiary alicyclic amines) is 1. The van der Waals surface area contributed by atoms with Crippen molar-refractivity contribution in [1.82, 2.24) is 15.2 Å². The van der Waals surface area contributed by atoms with Crippen LogP contribution in [0.4, 0.5) is 11.5 Å². The Morgan fingerprint density at radius 1 is 1.38 bits per heavy atom. The Morgan fingerprint density at radius 2 is 2.10 bits per heavy atom. The van der Waals surface area contributed by atoms with Crippen LogP contribution in [0.2, 0.25) is 0 Å². The molecule has 8 nitrogen and oxygen atoms in total. The van der Waals surface area contributed by atoms with Gasteiger partial charge in [-0.25, -0.2) is 9.98 Å². The van der Waals surface area contributed by atoms with Gasteiger partial charge in [0.05, 0.1) is 18.3 Å². The highest BCUT2D eigenvalue weighted by molar-refractivity contribution is 6.16. The molecule has 8 heteroatoms. The minimum Gasteiger partial charge on any atom is -0.404 e.